The standard InChI is InChI=1S/C43H31NO/c1-43(2)37-16-9-8-15-36(37)41-38(43)17-10-18-39(41)44(31-22-19-29(20-23-31)28-11-4-3-5-12-28)32-24-26-34-35-25-21-30-13-6-7-14-33(30)42(35)45-40(34)27-32/h3-27H,1-2H3. The Morgan fingerprint density at radius 2 is 1.20 bits per heavy atom. The number of fused-ring (bicyclic) bond motifs is 8. The zero-order valence-electron chi connectivity index (χ0n) is 25.3. The van der Waals surface area contributed by atoms with Crippen molar-refractivity contribution in [2.45, 2.75) is 19.3 Å². The van der Waals surface area contributed by atoms with Gasteiger partial charge in [-0.2, -0.15) is 0 Å². The monoisotopic (exact) mass is 577 g/mol. The second-order valence-corrected chi connectivity index (χ2v) is 12.6. The molecular weight excluding hydrogens is 546 g/mol. The first-order valence-electron chi connectivity index (χ1n) is 15.6. The van der Waals surface area contributed by atoms with Crippen LogP contribution < -0.4 is 4.90 Å². The van der Waals surface area contributed by atoms with Crippen LogP contribution in [0.5, 0.6) is 0 Å². The fraction of sp³-hybridized carbons (Fsp3) is 0.0698. The molecule has 0 saturated carbocycles. The molecule has 2 nitrogen and oxygen atoms in total. The lowest BCUT2D eigenvalue weighted by Gasteiger charge is -2.29. The van der Waals surface area contributed by atoms with E-state index >= 15 is 0 Å². The highest BCUT2D eigenvalue weighted by Gasteiger charge is 2.37. The van der Waals surface area contributed by atoms with E-state index in [-0.39, 0.29) is 5.41 Å². The fourth-order valence-corrected chi connectivity index (χ4v) is 7.41. The van der Waals surface area contributed by atoms with E-state index in [0.717, 1.165) is 38.7 Å². The van der Waals surface area contributed by atoms with E-state index in [2.05, 4.69) is 170 Å². The Hall–Kier alpha value is -5.60. The third kappa shape index (κ3) is 3.89. The topological polar surface area (TPSA) is 16.4 Å². The Balaban J connectivity index is 1.28. The second-order valence-electron chi connectivity index (χ2n) is 12.6. The van der Waals surface area contributed by atoms with Crippen molar-refractivity contribution in [2.75, 3.05) is 4.90 Å². The highest BCUT2D eigenvalue weighted by Crippen LogP contribution is 2.54. The molecule has 7 aromatic carbocycles. The van der Waals surface area contributed by atoms with Gasteiger partial charge in [0.15, 0.2) is 0 Å². The molecule has 1 aliphatic rings. The van der Waals surface area contributed by atoms with Crippen LogP contribution >= 0.6 is 0 Å². The van der Waals surface area contributed by atoms with Crippen molar-refractivity contribution in [3.05, 3.63) is 163 Å². The summed E-state index contributed by atoms with van der Waals surface area (Å²) in [7, 11) is 0. The molecule has 0 N–H and O–H groups in total. The van der Waals surface area contributed by atoms with Gasteiger partial charge in [-0.05, 0) is 69.6 Å². The van der Waals surface area contributed by atoms with Crippen LogP contribution in [0.1, 0.15) is 25.0 Å². The Bertz CT molecular complexity index is 2400. The minimum absolute atomic E-state index is 0.0888. The first-order chi connectivity index (χ1) is 22.1. The van der Waals surface area contributed by atoms with Crippen LogP contribution in [0.3, 0.4) is 0 Å². The summed E-state index contributed by atoms with van der Waals surface area (Å²) in [6.45, 7) is 4.68. The molecule has 0 saturated heterocycles. The van der Waals surface area contributed by atoms with Crippen molar-refractivity contribution in [1.82, 2.24) is 0 Å². The van der Waals surface area contributed by atoms with Crippen LogP contribution in [0.15, 0.2) is 156 Å². The molecule has 0 aliphatic heterocycles. The molecule has 0 bridgehead atoms. The third-order valence-corrected chi connectivity index (χ3v) is 9.66. The van der Waals surface area contributed by atoms with Crippen molar-refractivity contribution in [1.29, 1.82) is 0 Å². The van der Waals surface area contributed by atoms with E-state index in [4.69, 9.17) is 4.42 Å². The molecule has 9 rings (SSSR count). The predicted molar refractivity (Wildman–Crippen MR) is 189 cm³/mol. The second kappa shape index (κ2) is 9.70. The number of anilines is 3. The molecule has 2 heteroatoms. The van der Waals surface area contributed by atoms with Crippen molar-refractivity contribution in [2.24, 2.45) is 0 Å². The van der Waals surface area contributed by atoms with Crippen LogP contribution in [0.25, 0.3) is 55.0 Å². The van der Waals surface area contributed by atoms with Crippen LogP contribution in [0, 0.1) is 0 Å². The summed E-state index contributed by atoms with van der Waals surface area (Å²) in [6, 6.07) is 54.6. The lowest BCUT2D eigenvalue weighted by Crippen LogP contribution is -2.16. The van der Waals surface area contributed by atoms with Gasteiger partial charge in [0, 0.05) is 44.6 Å². The SMILES string of the molecule is CC1(C)c2ccccc2-c2c(N(c3ccc(-c4ccccc4)cc3)c3ccc4c(c3)oc3c5ccccc5ccc43)cccc21. The number of hydrogen-bond donors (Lipinski definition) is 0. The molecule has 45 heavy (non-hydrogen) atoms. The van der Waals surface area contributed by atoms with E-state index in [1.165, 1.54) is 44.5 Å². The minimum Gasteiger partial charge on any atom is -0.455 e. The Morgan fingerprint density at radius 1 is 0.511 bits per heavy atom. The van der Waals surface area contributed by atoms with Gasteiger partial charge < -0.3 is 9.32 Å². The molecule has 1 heterocycles. The molecule has 8 aromatic rings. The molecule has 0 atom stereocenters. The smallest absolute Gasteiger partial charge is 0.143 e. The minimum atomic E-state index is -0.0888. The van der Waals surface area contributed by atoms with E-state index in [0.29, 0.717) is 0 Å². The van der Waals surface area contributed by atoms with Gasteiger partial charge in [0.2, 0.25) is 0 Å². The molecule has 1 aromatic heterocycles. The van der Waals surface area contributed by atoms with E-state index in [9.17, 15) is 0 Å². The van der Waals surface area contributed by atoms with E-state index in [1.807, 2.05) is 0 Å². The normalized spacial score (nSPS) is 13.3. The fourth-order valence-electron chi connectivity index (χ4n) is 7.41. The van der Waals surface area contributed by atoms with Gasteiger partial charge in [-0.3, -0.25) is 0 Å². The maximum atomic E-state index is 6.66. The maximum Gasteiger partial charge on any atom is 0.143 e. The molecule has 0 amide bonds. The van der Waals surface area contributed by atoms with E-state index in [1.54, 1.807) is 0 Å². The highest BCUT2D eigenvalue weighted by molar-refractivity contribution is 6.15. The van der Waals surface area contributed by atoms with Crippen LogP contribution in [-0.2, 0) is 5.41 Å². The molecule has 214 valence electrons. The van der Waals surface area contributed by atoms with Crippen LogP contribution in [0.4, 0.5) is 17.1 Å². The van der Waals surface area contributed by atoms with Crippen LogP contribution in [-0.4, -0.2) is 0 Å². The summed E-state index contributed by atoms with van der Waals surface area (Å²) in [5.74, 6) is 0. The largest absolute Gasteiger partial charge is 0.455 e. The molecule has 0 radical (unpaired) electrons. The van der Waals surface area contributed by atoms with Gasteiger partial charge in [-0.25, -0.2) is 0 Å². The predicted octanol–water partition coefficient (Wildman–Crippen LogP) is 12.2. The van der Waals surface area contributed by atoms with Gasteiger partial charge in [-0.15, -0.1) is 0 Å². The lowest BCUT2D eigenvalue weighted by molar-refractivity contribution is 0.660. The Labute approximate surface area is 262 Å². The van der Waals surface area contributed by atoms with Gasteiger partial charge in [-0.1, -0.05) is 123 Å². The number of nitrogens with zero attached hydrogens (tertiary/aromatic N) is 1. The van der Waals surface area contributed by atoms with Crippen molar-refractivity contribution in [3.8, 4) is 22.3 Å². The van der Waals surface area contributed by atoms with Crippen molar-refractivity contribution < 1.29 is 4.42 Å². The van der Waals surface area contributed by atoms with Gasteiger partial charge >= 0.3 is 0 Å². The molecular formula is C43H31NO. The highest BCUT2D eigenvalue weighted by atomic mass is 16.3. The van der Waals surface area contributed by atoms with Gasteiger partial charge in [0.25, 0.3) is 0 Å². The van der Waals surface area contributed by atoms with Gasteiger partial charge in [0.1, 0.15) is 11.2 Å². The Kier molecular flexibility index (Phi) is 5.58. The first kappa shape index (κ1) is 25.9. The first-order valence-corrected chi connectivity index (χ1v) is 15.6. The third-order valence-electron chi connectivity index (χ3n) is 9.66. The average Bonchev–Trinajstić information content (AvgIpc) is 3.58. The number of furan rings is 1. The van der Waals surface area contributed by atoms with Crippen molar-refractivity contribution >= 4 is 49.8 Å². The molecule has 0 fully saturated rings. The summed E-state index contributed by atoms with van der Waals surface area (Å²) in [5, 5.41) is 4.60. The summed E-state index contributed by atoms with van der Waals surface area (Å²) in [4.78, 5) is 2.40. The zero-order chi connectivity index (χ0) is 30.1. The number of hydrogen-bond acceptors (Lipinski definition) is 2. The summed E-state index contributed by atoms with van der Waals surface area (Å²) < 4.78 is 6.66. The van der Waals surface area contributed by atoms with Crippen LogP contribution in [0.2, 0.25) is 0 Å². The summed E-state index contributed by atoms with van der Waals surface area (Å²) >= 11 is 0. The molecule has 0 spiro atoms. The number of benzene rings is 7. The van der Waals surface area contributed by atoms with Crippen molar-refractivity contribution in [3.63, 3.8) is 0 Å². The Morgan fingerprint density at radius 3 is 2.07 bits per heavy atom. The van der Waals surface area contributed by atoms with E-state index < -0.39 is 0 Å². The average molecular weight is 578 g/mol. The van der Waals surface area contributed by atoms with Gasteiger partial charge in [0.05, 0.1) is 5.69 Å². The lowest BCUT2D eigenvalue weighted by atomic mass is 9.82. The summed E-state index contributed by atoms with van der Waals surface area (Å²) in [6.07, 6.45) is 0. The quantitative estimate of drug-likeness (QED) is 0.207. The number of rotatable bonds is 4. The molecule has 1 aliphatic carbocycles. The zero-order valence-corrected chi connectivity index (χ0v) is 25.3. The maximum absolute atomic E-state index is 6.66. The molecule has 0 unspecified atom stereocenters. The summed E-state index contributed by atoms with van der Waals surface area (Å²) in [5.41, 5.74) is 12.8.